The van der Waals surface area contributed by atoms with Crippen molar-refractivity contribution >= 4 is 11.8 Å². The van der Waals surface area contributed by atoms with Gasteiger partial charge in [-0.3, -0.25) is 9.59 Å². The summed E-state index contributed by atoms with van der Waals surface area (Å²) in [5, 5.41) is 0. The van der Waals surface area contributed by atoms with Gasteiger partial charge < -0.3 is 21.6 Å². The zero-order valence-corrected chi connectivity index (χ0v) is 7.40. The summed E-state index contributed by atoms with van der Waals surface area (Å²) in [6, 6.07) is 2.26. The number of furan rings is 1. The molecule has 76 valence electrons. The molecule has 0 saturated carbocycles. The first kappa shape index (κ1) is 10.3. The molecule has 0 bridgehead atoms. The number of carbonyl (C=O) groups excluding carboxylic acids is 2. The van der Waals surface area contributed by atoms with E-state index in [1.165, 1.54) is 12.1 Å². The van der Waals surface area contributed by atoms with E-state index in [0.717, 1.165) is 0 Å². The van der Waals surface area contributed by atoms with Crippen LogP contribution < -0.4 is 17.2 Å². The minimum absolute atomic E-state index is 0.0138. The van der Waals surface area contributed by atoms with Crippen molar-refractivity contribution in [2.24, 2.45) is 17.2 Å². The smallest absolute Gasteiger partial charge is 0.284 e. The van der Waals surface area contributed by atoms with E-state index >= 15 is 0 Å². The van der Waals surface area contributed by atoms with Gasteiger partial charge in [-0.25, -0.2) is 0 Å². The second kappa shape index (κ2) is 3.93. The van der Waals surface area contributed by atoms with E-state index in [9.17, 15) is 9.59 Å². The number of primary amides is 2. The monoisotopic (exact) mass is 197 g/mol. The van der Waals surface area contributed by atoms with Gasteiger partial charge in [0.1, 0.15) is 5.76 Å². The van der Waals surface area contributed by atoms with Crippen LogP contribution in [0, 0.1) is 0 Å². The molecular formula is C8H11N3O3. The van der Waals surface area contributed by atoms with E-state index in [1.54, 1.807) is 0 Å². The van der Waals surface area contributed by atoms with Gasteiger partial charge in [-0.1, -0.05) is 0 Å². The van der Waals surface area contributed by atoms with E-state index in [1.807, 2.05) is 0 Å². The zero-order valence-electron chi connectivity index (χ0n) is 7.40. The van der Waals surface area contributed by atoms with Crippen LogP contribution in [0.25, 0.3) is 0 Å². The molecule has 6 nitrogen and oxygen atoms in total. The van der Waals surface area contributed by atoms with Crippen LogP contribution >= 0.6 is 0 Å². The molecule has 0 aliphatic heterocycles. The maximum absolute atomic E-state index is 10.7. The number of amides is 2. The molecule has 1 aromatic heterocycles. The molecule has 1 atom stereocenters. The van der Waals surface area contributed by atoms with Gasteiger partial charge in [0.2, 0.25) is 5.91 Å². The fourth-order valence-electron chi connectivity index (χ4n) is 1.00. The second-order valence-corrected chi connectivity index (χ2v) is 2.84. The molecular weight excluding hydrogens is 186 g/mol. The Balaban J connectivity index is 2.76. The predicted molar refractivity (Wildman–Crippen MR) is 48.0 cm³/mol. The Morgan fingerprint density at radius 2 is 2.00 bits per heavy atom. The van der Waals surface area contributed by atoms with Crippen molar-refractivity contribution < 1.29 is 14.0 Å². The van der Waals surface area contributed by atoms with Crippen molar-refractivity contribution in [1.29, 1.82) is 0 Å². The summed E-state index contributed by atoms with van der Waals surface area (Å²) in [5.74, 6) is -0.880. The van der Waals surface area contributed by atoms with Crippen molar-refractivity contribution in [3.63, 3.8) is 0 Å². The Bertz CT molecular complexity index is 358. The first-order valence-corrected chi connectivity index (χ1v) is 3.94. The molecule has 0 spiro atoms. The lowest BCUT2D eigenvalue weighted by molar-refractivity contribution is -0.118. The van der Waals surface area contributed by atoms with Crippen LogP contribution in [0.4, 0.5) is 0 Å². The molecule has 0 aliphatic rings. The Kier molecular flexibility index (Phi) is 2.88. The largest absolute Gasteiger partial charge is 0.454 e. The molecule has 0 fully saturated rings. The first-order valence-electron chi connectivity index (χ1n) is 3.94. The highest BCUT2D eigenvalue weighted by Crippen LogP contribution is 2.16. The van der Waals surface area contributed by atoms with Crippen molar-refractivity contribution in [2.45, 2.75) is 12.5 Å². The quantitative estimate of drug-likeness (QED) is 0.587. The third-order valence-corrected chi connectivity index (χ3v) is 1.66. The highest BCUT2D eigenvalue weighted by Gasteiger charge is 2.15. The molecule has 14 heavy (non-hydrogen) atoms. The Morgan fingerprint density at radius 3 is 2.43 bits per heavy atom. The van der Waals surface area contributed by atoms with Gasteiger partial charge in [-0.05, 0) is 12.1 Å². The van der Waals surface area contributed by atoms with Crippen molar-refractivity contribution in [3.05, 3.63) is 23.7 Å². The summed E-state index contributed by atoms with van der Waals surface area (Å²) in [6.07, 6.45) is -0.0360. The Labute approximate surface area is 80.0 Å². The zero-order chi connectivity index (χ0) is 10.7. The van der Waals surface area contributed by atoms with E-state index in [0.29, 0.717) is 5.76 Å². The van der Waals surface area contributed by atoms with Gasteiger partial charge in [0.05, 0.1) is 6.04 Å². The van der Waals surface area contributed by atoms with E-state index < -0.39 is 17.9 Å². The summed E-state index contributed by atoms with van der Waals surface area (Å²) in [7, 11) is 0. The Morgan fingerprint density at radius 1 is 1.36 bits per heavy atom. The highest BCUT2D eigenvalue weighted by molar-refractivity contribution is 5.89. The fourth-order valence-corrected chi connectivity index (χ4v) is 1.00. The predicted octanol–water partition coefficient (Wildman–Crippen LogP) is -0.746. The summed E-state index contributed by atoms with van der Waals surface area (Å²) in [6.45, 7) is 0. The summed E-state index contributed by atoms with van der Waals surface area (Å²) >= 11 is 0. The SMILES string of the molecule is NC(=O)CC(N)c1ccc(C(N)=O)o1. The molecule has 6 heteroatoms. The molecule has 0 saturated heterocycles. The molecule has 1 aromatic rings. The topological polar surface area (TPSA) is 125 Å². The van der Waals surface area contributed by atoms with Crippen LogP contribution in [0.2, 0.25) is 0 Å². The maximum atomic E-state index is 10.7. The summed E-state index contributed by atoms with van der Waals surface area (Å²) in [4.78, 5) is 21.2. The molecule has 0 aliphatic carbocycles. The van der Waals surface area contributed by atoms with Gasteiger partial charge in [-0.15, -0.1) is 0 Å². The number of rotatable bonds is 4. The van der Waals surface area contributed by atoms with E-state index in [2.05, 4.69) is 0 Å². The third kappa shape index (κ3) is 2.33. The second-order valence-electron chi connectivity index (χ2n) is 2.84. The highest BCUT2D eigenvalue weighted by atomic mass is 16.4. The lowest BCUT2D eigenvalue weighted by atomic mass is 10.1. The number of nitrogens with two attached hydrogens (primary N) is 3. The molecule has 1 heterocycles. The van der Waals surface area contributed by atoms with Crippen LogP contribution in [0.15, 0.2) is 16.5 Å². The van der Waals surface area contributed by atoms with E-state index in [4.69, 9.17) is 21.6 Å². The van der Waals surface area contributed by atoms with Gasteiger partial charge in [0, 0.05) is 6.42 Å². The minimum atomic E-state index is -0.678. The first-order chi connectivity index (χ1) is 6.50. The average Bonchev–Trinajstić information content (AvgIpc) is 2.50. The van der Waals surface area contributed by atoms with Crippen LogP contribution in [0.1, 0.15) is 28.8 Å². The van der Waals surface area contributed by atoms with Crippen LogP contribution in [0.3, 0.4) is 0 Å². The van der Waals surface area contributed by atoms with Crippen molar-refractivity contribution in [2.75, 3.05) is 0 Å². The van der Waals surface area contributed by atoms with Crippen LogP contribution in [-0.4, -0.2) is 11.8 Å². The van der Waals surface area contributed by atoms with Crippen LogP contribution in [-0.2, 0) is 4.79 Å². The molecule has 6 N–H and O–H groups in total. The fraction of sp³-hybridized carbons (Fsp3) is 0.250. The van der Waals surface area contributed by atoms with Crippen molar-refractivity contribution in [3.8, 4) is 0 Å². The average molecular weight is 197 g/mol. The molecule has 1 unspecified atom stereocenters. The van der Waals surface area contributed by atoms with E-state index in [-0.39, 0.29) is 12.2 Å². The normalized spacial score (nSPS) is 12.4. The van der Waals surface area contributed by atoms with Gasteiger partial charge >= 0.3 is 0 Å². The molecule has 0 radical (unpaired) electrons. The van der Waals surface area contributed by atoms with Gasteiger partial charge in [0.25, 0.3) is 5.91 Å². The number of carbonyl (C=O) groups is 2. The van der Waals surface area contributed by atoms with Gasteiger partial charge in [0.15, 0.2) is 5.76 Å². The molecule has 1 rings (SSSR count). The maximum Gasteiger partial charge on any atom is 0.284 e. The summed E-state index contributed by atoms with van der Waals surface area (Å²) in [5.41, 5.74) is 15.5. The lowest BCUT2D eigenvalue weighted by Crippen LogP contribution is -2.20. The number of hydrogen-bond donors (Lipinski definition) is 3. The molecule has 2 amide bonds. The van der Waals surface area contributed by atoms with Gasteiger partial charge in [-0.2, -0.15) is 0 Å². The number of hydrogen-bond acceptors (Lipinski definition) is 4. The summed E-state index contributed by atoms with van der Waals surface area (Å²) < 4.78 is 5.00. The lowest BCUT2D eigenvalue weighted by Gasteiger charge is -2.04. The van der Waals surface area contributed by atoms with Crippen LogP contribution in [0.5, 0.6) is 0 Å². The third-order valence-electron chi connectivity index (χ3n) is 1.66. The van der Waals surface area contributed by atoms with Crippen molar-refractivity contribution in [1.82, 2.24) is 0 Å². The standard InChI is InChI=1S/C8H11N3O3/c9-4(3-7(10)12)5-1-2-6(14-5)8(11)13/h1-2,4H,3,9H2,(H2,10,12)(H2,11,13). The Hall–Kier alpha value is -1.82. The molecule has 0 aromatic carbocycles. The minimum Gasteiger partial charge on any atom is -0.454 e.